The lowest BCUT2D eigenvalue weighted by atomic mass is 10.3. The molecule has 0 fully saturated rings. The minimum Gasteiger partial charge on any atom is -0.339 e. The molecule has 0 saturated heterocycles. The van der Waals surface area contributed by atoms with E-state index < -0.39 is 15.3 Å². The molecule has 6 heteroatoms. The summed E-state index contributed by atoms with van der Waals surface area (Å²) in [5.41, 5.74) is 0. The van der Waals surface area contributed by atoms with Crippen LogP contribution in [0, 0.1) is 0 Å². The first-order valence-electron chi connectivity index (χ1n) is 3.21. The van der Waals surface area contributed by atoms with Crippen molar-refractivity contribution in [3.05, 3.63) is 0 Å². The van der Waals surface area contributed by atoms with Gasteiger partial charge >= 0.3 is 5.24 Å². The third-order valence-corrected chi connectivity index (χ3v) is 1.87. The molecule has 66 valence electrons. The second-order valence-corrected chi connectivity index (χ2v) is 3.75. The van der Waals surface area contributed by atoms with Gasteiger partial charge in [0.25, 0.3) is 10.0 Å². The number of amides is 1. The molecule has 3 N–H and O–H groups in total. The van der Waals surface area contributed by atoms with Gasteiger partial charge in [-0.1, -0.05) is 6.92 Å². The molecule has 1 unspecified atom stereocenters. The van der Waals surface area contributed by atoms with E-state index in [4.69, 9.17) is 0 Å². The van der Waals surface area contributed by atoms with Crippen LogP contribution < -0.4 is 10.5 Å². The van der Waals surface area contributed by atoms with Crippen LogP contribution in [0.15, 0.2) is 0 Å². The Kier molecular flexibility index (Phi) is 3.47. The summed E-state index contributed by atoms with van der Waals surface area (Å²) >= 11 is 0. The summed E-state index contributed by atoms with van der Waals surface area (Å²) in [7, 11) is -4.06. The molecule has 0 radical (unpaired) electrons. The highest BCUT2D eigenvalue weighted by Crippen LogP contribution is 1.90. The maximum Gasteiger partial charge on any atom is 0.351 e. The van der Waals surface area contributed by atoms with E-state index in [9.17, 15) is 13.2 Å². The molecule has 0 aromatic heterocycles. The topological polar surface area (TPSA) is 89.3 Å². The lowest BCUT2D eigenvalue weighted by molar-refractivity contribution is 0.255. The molecule has 0 heterocycles. The summed E-state index contributed by atoms with van der Waals surface area (Å²) in [6.45, 7) is 3.52. The maximum atomic E-state index is 10.6. The largest absolute Gasteiger partial charge is 0.351 e. The SMILES string of the molecule is CCC(C)NC(=O)S(N)(=O)=O. The number of rotatable bonds is 2. The van der Waals surface area contributed by atoms with Crippen molar-refractivity contribution in [2.75, 3.05) is 0 Å². The molecule has 1 amide bonds. The van der Waals surface area contributed by atoms with Gasteiger partial charge < -0.3 is 5.32 Å². The first kappa shape index (κ1) is 10.4. The molecule has 0 spiro atoms. The zero-order valence-electron chi connectivity index (χ0n) is 6.49. The van der Waals surface area contributed by atoms with Crippen molar-refractivity contribution in [3.8, 4) is 0 Å². The van der Waals surface area contributed by atoms with Crippen molar-refractivity contribution in [1.82, 2.24) is 5.32 Å². The Balaban J connectivity index is 4.11. The summed E-state index contributed by atoms with van der Waals surface area (Å²) in [6.07, 6.45) is 0.668. The van der Waals surface area contributed by atoms with Crippen LogP contribution in [-0.4, -0.2) is 19.7 Å². The predicted molar refractivity (Wildman–Crippen MR) is 41.4 cm³/mol. The minimum absolute atomic E-state index is 0.166. The summed E-state index contributed by atoms with van der Waals surface area (Å²) in [6, 6.07) is -0.166. The Morgan fingerprint density at radius 3 is 2.36 bits per heavy atom. The summed E-state index contributed by atoms with van der Waals surface area (Å²) in [5.74, 6) is 0. The highest BCUT2D eigenvalue weighted by Gasteiger charge is 2.17. The molecular formula is C5H12N2O3S. The first-order chi connectivity index (χ1) is 4.88. The van der Waals surface area contributed by atoms with Gasteiger partial charge in [-0.15, -0.1) is 0 Å². The Morgan fingerprint density at radius 2 is 2.09 bits per heavy atom. The van der Waals surface area contributed by atoms with E-state index in [1.807, 2.05) is 6.92 Å². The van der Waals surface area contributed by atoms with Crippen LogP contribution in [0.1, 0.15) is 20.3 Å². The van der Waals surface area contributed by atoms with Crippen molar-refractivity contribution < 1.29 is 13.2 Å². The lowest BCUT2D eigenvalue weighted by Crippen LogP contribution is -2.39. The molecule has 1 atom stereocenters. The number of nitrogens with two attached hydrogens (primary N) is 1. The number of carbonyl (C=O) groups excluding carboxylic acids is 1. The zero-order chi connectivity index (χ0) is 9.07. The van der Waals surface area contributed by atoms with Gasteiger partial charge in [0.05, 0.1) is 0 Å². The molecule has 11 heavy (non-hydrogen) atoms. The Bertz CT molecular complexity index is 234. The van der Waals surface area contributed by atoms with E-state index in [1.54, 1.807) is 6.92 Å². The van der Waals surface area contributed by atoms with E-state index in [0.717, 1.165) is 0 Å². The molecule has 0 aromatic rings. The van der Waals surface area contributed by atoms with Crippen LogP contribution >= 0.6 is 0 Å². The number of hydrogen-bond acceptors (Lipinski definition) is 3. The van der Waals surface area contributed by atoms with E-state index in [1.165, 1.54) is 0 Å². The van der Waals surface area contributed by atoms with E-state index in [2.05, 4.69) is 10.5 Å². The summed E-state index contributed by atoms with van der Waals surface area (Å²) < 4.78 is 20.7. The van der Waals surface area contributed by atoms with Gasteiger partial charge in [-0.05, 0) is 13.3 Å². The number of carbonyl (C=O) groups is 1. The van der Waals surface area contributed by atoms with E-state index >= 15 is 0 Å². The normalized spacial score (nSPS) is 14.1. The molecule has 0 bridgehead atoms. The van der Waals surface area contributed by atoms with Crippen LogP contribution in [0.25, 0.3) is 0 Å². The highest BCUT2D eigenvalue weighted by molar-refractivity contribution is 8.04. The molecule has 5 nitrogen and oxygen atoms in total. The van der Waals surface area contributed by atoms with Gasteiger partial charge in [-0.25, -0.2) is 13.6 Å². The third kappa shape index (κ3) is 3.94. The highest BCUT2D eigenvalue weighted by atomic mass is 32.2. The van der Waals surface area contributed by atoms with E-state index in [-0.39, 0.29) is 6.04 Å². The minimum atomic E-state index is -4.06. The van der Waals surface area contributed by atoms with Gasteiger partial charge in [-0.3, -0.25) is 4.79 Å². The Hall–Kier alpha value is -0.620. The summed E-state index contributed by atoms with van der Waals surface area (Å²) in [5, 5.41) is 5.64. The van der Waals surface area contributed by atoms with Crippen LogP contribution in [0.3, 0.4) is 0 Å². The Morgan fingerprint density at radius 1 is 1.64 bits per heavy atom. The lowest BCUT2D eigenvalue weighted by Gasteiger charge is -2.08. The zero-order valence-corrected chi connectivity index (χ0v) is 7.31. The second kappa shape index (κ2) is 3.68. The molecule has 0 aliphatic heterocycles. The van der Waals surface area contributed by atoms with Crippen LogP contribution in [0.2, 0.25) is 0 Å². The van der Waals surface area contributed by atoms with Crippen molar-refractivity contribution in [2.24, 2.45) is 5.14 Å². The quantitative estimate of drug-likeness (QED) is 0.615. The molecule has 0 rings (SSSR count). The van der Waals surface area contributed by atoms with Crippen LogP contribution in [0.5, 0.6) is 0 Å². The van der Waals surface area contributed by atoms with Gasteiger partial charge in [-0.2, -0.15) is 0 Å². The third-order valence-electron chi connectivity index (χ3n) is 1.24. The van der Waals surface area contributed by atoms with Gasteiger partial charge in [0.2, 0.25) is 0 Å². The van der Waals surface area contributed by atoms with Gasteiger partial charge in [0.1, 0.15) is 0 Å². The number of sulfonamides is 1. The fourth-order valence-corrected chi connectivity index (χ4v) is 0.751. The standard InChI is InChI=1S/C5H12N2O3S/c1-3-4(2)7-5(8)11(6,9)10/h4H,3H2,1-2H3,(H,7,8)(H2,6,9,10). The van der Waals surface area contributed by atoms with Crippen molar-refractivity contribution in [2.45, 2.75) is 26.3 Å². The predicted octanol–water partition coefficient (Wildman–Crippen LogP) is -0.217. The smallest absolute Gasteiger partial charge is 0.339 e. The van der Waals surface area contributed by atoms with Gasteiger partial charge in [0, 0.05) is 6.04 Å². The maximum absolute atomic E-state index is 10.6. The average Bonchev–Trinajstić information content (AvgIpc) is 1.85. The average molecular weight is 180 g/mol. The monoisotopic (exact) mass is 180 g/mol. The fourth-order valence-electron chi connectivity index (χ4n) is 0.385. The van der Waals surface area contributed by atoms with Crippen molar-refractivity contribution >= 4 is 15.3 Å². The summed E-state index contributed by atoms with van der Waals surface area (Å²) in [4.78, 5) is 10.6. The first-order valence-corrected chi connectivity index (χ1v) is 4.75. The second-order valence-electron chi connectivity index (χ2n) is 2.29. The number of nitrogens with one attached hydrogen (secondary N) is 1. The number of hydrogen-bond donors (Lipinski definition) is 2. The van der Waals surface area contributed by atoms with Crippen LogP contribution in [-0.2, 0) is 10.0 Å². The Labute approximate surface area is 66.0 Å². The number of primary sulfonamides is 1. The molecule has 0 aromatic carbocycles. The molecule has 0 aliphatic carbocycles. The fraction of sp³-hybridized carbons (Fsp3) is 0.800. The molecule has 0 saturated carbocycles. The van der Waals surface area contributed by atoms with Crippen LogP contribution in [0.4, 0.5) is 4.79 Å². The van der Waals surface area contributed by atoms with E-state index in [0.29, 0.717) is 6.42 Å². The van der Waals surface area contributed by atoms with Crippen molar-refractivity contribution in [1.29, 1.82) is 0 Å². The molecular weight excluding hydrogens is 168 g/mol. The van der Waals surface area contributed by atoms with Crippen molar-refractivity contribution in [3.63, 3.8) is 0 Å². The molecule has 0 aliphatic rings. The van der Waals surface area contributed by atoms with Gasteiger partial charge in [0.15, 0.2) is 0 Å².